The van der Waals surface area contributed by atoms with E-state index in [1.807, 2.05) is 12.1 Å². The largest absolute Gasteiger partial charge is 0.491 e. The molecular weight excluding hydrogens is 390 g/mol. The first-order valence-corrected chi connectivity index (χ1v) is 10.3. The van der Waals surface area contributed by atoms with Crippen LogP contribution >= 0.6 is 0 Å². The summed E-state index contributed by atoms with van der Waals surface area (Å²) < 4.78 is 21.5. The fourth-order valence-corrected chi connectivity index (χ4v) is 2.28. The van der Waals surface area contributed by atoms with Crippen molar-refractivity contribution in [3.8, 4) is 11.5 Å². The summed E-state index contributed by atoms with van der Waals surface area (Å²) in [4.78, 5) is 11.4. The molecule has 1 unspecified atom stereocenters. The van der Waals surface area contributed by atoms with E-state index in [2.05, 4.69) is 29.8 Å². The minimum Gasteiger partial charge on any atom is -0.491 e. The standard InChI is InChI=1S/C21H37N3O6/c1-17(2)15-28-12-13-29-19-4-6-20(7-5-19)30-16-18(25)14-22-8-9-23-21(26)24-10-11-27-3/h4-7,17-18,22,25H,8-16H2,1-3H3,(H2,23,24,26). The molecule has 9 nitrogen and oxygen atoms in total. The number of nitrogens with one attached hydrogen (secondary N) is 3. The van der Waals surface area contributed by atoms with Gasteiger partial charge in [-0.25, -0.2) is 4.79 Å². The van der Waals surface area contributed by atoms with Gasteiger partial charge in [0.25, 0.3) is 0 Å². The summed E-state index contributed by atoms with van der Waals surface area (Å²) in [6.07, 6.45) is -0.658. The van der Waals surface area contributed by atoms with Gasteiger partial charge in [-0.3, -0.25) is 0 Å². The van der Waals surface area contributed by atoms with E-state index in [1.165, 1.54) is 0 Å². The van der Waals surface area contributed by atoms with E-state index in [4.69, 9.17) is 18.9 Å². The lowest BCUT2D eigenvalue weighted by molar-refractivity contribution is 0.0818. The highest BCUT2D eigenvalue weighted by Gasteiger charge is 2.06. The molecule has 0 saturated carbocycles. The van der Waals surface area contributed by atoms with Crippen LogP contribution in [0.4, 0.5) is 4.79 Å². The summed E-state index contributed by atoms with van der Waals surface area (Å²) >= 11 is 0. The lowest BCUT2D eigenvalue weighted by atomic mass is 10.2. The maximum absolute atomic E-state index is 11.4. The molecule has 4 N–H and O–H groups in total. The number of amides is 2. The van der Waals surface area contributed by atoms with E-state index >= 15 is 0 Å². The molecule has 172 valence electrons. The third kappa shape index (κ3) is 14.0. The predicted molar refractivity (Wildman–Crippen MR) is 115 cm³/mol. The number of methoxy groups -OCH3 is 1. The van der Waals surface area contributed by atoms with E-state index in [1.54, 1.807) is 19.2 Å². The topological polar surface area (TPSA) is 110 Å². The number of aliphatic hydroxyl groups is 1. The van der Waals surface area contributed by atoms with Gasteiger partial charge in [0, 0.05) is 39.9 Å². The normalized spacial score (nSPS) is 11.9. The van der Waals surface area contributed by atoms with E-state index in [0.717, 1.165) is 12.4 Å². The third-order valence-corrected chi connectivity index (χ3v) is 3.77. The number of ether oxygens (including phenoxy) is 4. The average Bonchev–Trinajstić information content (AvgIpc) is 2.72. The molecular formula is C21H37N3O6. The Balaban J connectivity index is 2.06. The molecule has 1 aromatic carbocycles. The second kappa shape index (κ2) is 16.7. The zero-order valence-corrected chi connectivity index (χ0v) is 18.3. The maximum atomic E-state index is 11.4. The Morgan fingerprint density at radius 1 is 0.933 bits per heavy atom. The highest BCUT2D eigenvalue weighted by atomic mass is 16.5. The predicted octanol–water partition coefficient (Wildman–Crippen LogP) is 1.01. The van der Waals surface area contributed by atoms with Crippen LogP contribution in [0, 0.1) is 5.92 Å². The number of hydrogen-bond donors (Lipinski definition) is 4. The molecule has 0 aliphatic carbocycles. The quantitative estimate of drug-likeness (QED) is 0.275. The Labute approximate surface area is 179 Å². The molecule has 30 heavy (non-hydrogen) atoms. The first kappa shape index (κ1) is 26.0. The van der Waals surface area contributed by atoms with Gasteiger partial charge in [0.15, 0.2) is 0 Å². The Hall–Kier alpha value is -2.07. The molecule has 0 radical (unpaired) electrons. The van der Waals surface area contributed by atoms with Crippen LogP contribution in [0.1, 0.15) is 13.8 Å². The van der Waals surface area contributed by atoms with Crippen molar-refractivity contribution in [1.29, 1.82) is 0 Å². The van der Waals surface area contributed by atoms with E-state index in [-0.39, 0.29) is 12.6 Å². The molecule has 1 rings (SSSR count). The summed E-state index contributed by atoms with van der Waals surface area (Å²) in [7, 11) is 1.58. The minimum absolute atomic E-state index is 0.168. The lowest BCUT2D eigenvalue weighted by Gasteiger charge is -2.14. The van der Waals surface area contributed by atoms with Crippen molar-refractivity contribution in [3.63, 3.8) is 0 Å². The number of carbonyl (C=O) groups excluding carboxylic acids is 1. The van der Waals surface area contributed by atoms with Gasteiger partial charge >= 0.3 is 6.03 Å². The molecule has 0 bridgehead atoms. The molecule has 0 heterocycles. The van der Waals surface area contributed by atoms with Crippen molar-refractivity contribution < 1.29 is 28.8 Å². The number of rotatable bonds is 17. The molecule has 0 spiro atoms. The van der Waals surface area contributed by atoms with Crippen LogP contribution in [-0.4, -0.2) is 83.6 Å². The first-order valence-electron chi connectivity index (χ1n) is 10.3. The Kier molecular flexibility index (Phi) is 14.5. The van der Waals surface area contributed by atoms with Crippen LogP contribution in [0.15, 0.2) is 24.3 Å². The Morgan fingerprint density at radius 3 is 2.27 bits per heavy atom. The molecule has 1 atom stereocenters. The highest BCUT2D eigenvalue weighted by Crippen LogP contribution is 2.17. The van der Waals surface area contributed by atoms with Crippen LogP contribution in [0.2, 0.25) is 0 Å². The van der Waals surface area contributed by atoms with E-state index < -0.39 is 6.10 Å². The zero-order chi connectivity index (χ0) is 22.0. The van der Waals surface area contributed by atoms with Crippen LogP contribution in [0.3, 0.4) is 0 Å². The summed E-state index contributed by atoms with van der Waals surface area (Å²) in [6.45, 7) is 8.47. The fourth-order valence-electron chi connectivity index (χ4n) is 2.28. The smallest absolute Gasteiger partial charge is 0.314 e. The number of hydrogen-bond acceptors (Lipinski definition) is 7. The van der Waals surface area contributed by atoms with Crippen molar-refractivity contribution in [2.75, 3.05) is 66.3 Å². The molecule has 0 aromatic heterocycles. The number of aliphatic hydroxyl groups excluding tert-OH is 1. The van der Waals surface area contributed by atoms with Crippen LogP contribution in [0.25, 0.3) is 0 Å². The van der Waals surface area contributed by atoms with E-state index in [0.29, 0.717) is 57.7 Å². The molecule has 0 saturated heterocycles. The molecule has 9 heteroatoms. The second-order valence-electron chi connectivity index (χ2n) is 7.13. The summed E-state index contributed by atoms with van der Waals surface area (Å²) in [6, 6.07) is 7.01. The summed E-state index contributed by atoms with van der Waals surface area (Å²) in [5, 5.41) is 18.4. The van der Waals surface area contributed by atoms with Crippen LogP contribution in [-0.2, 0) is 9.47 Å². The first-order chi connectivity index (χ1) is 14.5. The second-order valence-corrected chi connectivity index (χ2v) is 7.13. The maximum Gasteiger partial charge on any atom is 0.314 e. The Bertz CT molecular complexity index is 556. The zero-order valence-electron chi connectivity index (χ0n) is 18.3. The van der Waals surface area contributed by atoms with Gasteiger partial charge in [0.2, 0.25) is 0 Å². The SMILES string of the molecule is COCCNC(=O)NCCNCC(O)COc1ccc(OCCOCC(C)C)cc1. The highest BCUT2D eigenvalue weighted by molar-refractivity contribution is 5.73. The summed E-state index contributed by atoms with van der Waals surface area (Å²) in [5.41, 5.74) is 0. The molecule has 2 amide bonds. The monoisotopic (exact) mass is 427 g/mol. The average molecular weight is 428 g/mol. The molecule has 0 aliphatic heterocycles. The van der Waals surface area contributed by atoms with Gasteiger partial charge < -0.3 is 40.0 Å². The van der Waals surface area contributed by atoms with Gasteiger partial charge in [0.1, 0.15) is 30.8 Å². The van der Waals surface area contributed by atoms with Gasteiger partial charge in [-0.05, 0) is 30.2 Å². The van der Waals surface area contributed by atoms with Gasteiger partial charge in [-0.2, -0.15) is 0 Å². The van der Waals surface area contributed by atoms with Gasteiger partial charge in [0.05, 0.1) is 13.2 Å². The fraction of sp³-hybridized carbons (Fsp3) is 0.667. The number of carbonyl (C=O) groups is 1. The van der Waals surface area contributed by atoms with E-state index in [9.17, 15) is 9.90 Å². The number of benzene rings is 1. The minimum atomic E-state index is -0.658. The van der Waals surface area contributed by atoms with Gasteiger partial charge in [-0.1, -0.05) is 13.8 Å². The molecule has 0 aliphatic rings. The van der Waals surface area contributed by atoms with Crippen molar-refractivity contribution in [2.45, 2.75) is 20.0 Å². The van der Waals surface area contributed by atoms with Crippen LogP contribution < -0.4 is 25.4 Å². The van der Waals surface area contributed by atoms with Crippen LogP contribution in [0.5, 0.6) is 11.5 Å². The molecule has 0 fully saturated rings. The Morgan fingerprint density at radius 2 is 1.60 bits per heavy atom. The van der Waals surface area contributed by atoms with Crippen molar-refractivity contribution >= 4 is 6.03 Å². The summed E-state index contributed by atoms with van der Waals surface area (Å²) in [5.74, 6) is 1.92. The molecule has 1 aromatic rings. The lowest BCUT2D eigenvalue weighted by Crippen LogP contribution is -2.41. The van der Waals surface area contributed by atoms with Crippen molar-refractivity contribution in [3.05, 3.63) is 24.3 Å². The van der Waals surface area contributed by atoms with Gasteiger partial charge in [-0.15, -0.1) is 0 Å². The number of urea groups is 1. The van der Waals surface area contributed by atoms with Crippen molar-refractivity contribution in [2.24, 2.45) is 5.92 Å². The third-order valence-electron chi connectivity index (χ3n) is 3.77. The van der Waals surface area contributed by atoms with Crippen molar-refractivity contribution in [1.82, 2.24) is 16.0 Å².